The monoisotopic (exact) mass is 462 g/mol. The second-order valence-electron chi connectivity index (χ2n) is 7.14. The highest BCUT2D eigenvalue weighted by Gasteiger charge is 2.40. The SMILES string of the molecule is O=C1C(=C2C(=S)C=Cc3cc(S)ccc32)C(O)=C1c1c(S)ccc2cc(S)ccc12. The topological polar surface area (TPSA) is 37.3 Å². The maximum Gasteiger partial charge on any atom is 0.201 e. The molecule has 0 aliphatic heterocycles. The number of hydrogen-bond donors (Lipinski definition) is 4. The van der Waals surface area contributed by atoms with Gasteiger partial charge in [0.15, 0.2) is 0 Å². The number of allylic oxidation sites excluding steroid dienone is 4. The first kappa shape index (κ1) is 19.7. The first-order chi connectivity index (χ1) is 14.4. The van der Waals surface area contributed by atoms with E-state index in [2.05, 4.69) is 37.9 Å². The number of Topliss-reactive ketones (excluding diaryl/α,β-unsaturated/α-hetero) is 1. The van der Waals surface area contributed by atoms with Crippen LogP contribution in [0.4, 0.5) is 0 Å². The normalized spacial score (nSPS) is 18.1. The molecule has 2 nitrogen and oxygen atoms in total. The van der Waals surface area contributed by atoms with Crippen molar-refractivity contribution in [3.8, 4) is 0 Å². The number of benzene rings is 3. The van der Waals surface area contributed by atoms with Crippen molar-refractivity contribution in [2.75, 3.05) is 0 Å². The molecule has 1 N–H and O–H groups in total. The van der Waals surface area contributed by atoms with Gasteiger partial charge in [-0.15, -0.1) is 37.9 Å². The van der Waals surface area contributed by atoms with Gasteiger partial charge in [-0.1, -0.05) is 36.5 Å². The predicted molar refractivity (Wildman–Crippen MR) is 135 cm³/mol. The number of rotatable bonds is 1. The molecule has 0 saturated carbocycles. The Morgan fingerprint density at radius 2 is 1.53 bits per heavy atom. The Balaban J connectivity index is 1.77. The smallest absolute Gasteiger partial charge is 0.201 e. The lowest BCUT2D eigenvalue weighted by Gasteiger charge is -2.28. The Morgan fingerprint density at radius 3 is 2.30 bits per heavy atom. The standard InChI is InChI=1S/C24H14O2S4/c25-23-21(19-15-5-3-13(27)9-11(15)1-7-17(19)29)24(26)22(23)20-16-6-4-14(28)10-12(16)2-8-18(20)30/h1-10,25,27-29H. The van der Waals surface area contributed by atoms with Crippen molar-refractivity contribution >= 4 is 88.7 Å². The molecule has 0 bridgehead atoms. The maximum absolute atomic E-state index is 13.3. The summed E-state index contributed by atoms with van der Waals surface area (Å²) in [7, 11) is 0. The van der Waals surface area contributed by atoms with Gasteiger partial charge in [-0.2, -0.15) is 0 Å². The van der Waals surface area contributed by atoms with Crippen LogP contribution in [0, 0.1) is 0 Å². The van der Waals surface area contributed by atoms with Crippen LogP contribution >= 0.6 is 50.1 Å². The Kier molecular flexibility index (Phi) is 4.71. The fraction of sp³-hybridized carbons (Fsp3) is 0. The lowest BCUT2D eigenvalue weighted by molar-refractivity contribution is -0.111. The number of carbonyl (C=O) groups excluding carboxylic acids is 1. The van der Waals surface area contributed by atoms with Crippen LogP contribution in [0.5, 0.6) is 0 Å². The molecule has 0 atom stereocenters. The molecule has 6 heteroatoms. The van der Waals surface area contributed by atoms with Gasteiger partial charge in [0.1, 0.15) is 5.76 Å². The summed E-state index contributed by atoms with van der Waals surface area (Å²) < 4.78 is 0. The molecule has 2 aliphatic carbocycles. The van der Waals surface area contributed by atoms with Crippen molar-refractivity contribution in [3.05, 3.63) is 82.6 Å². The highest BCUT2D eigenvalue weighted by molar-refractivity contribution is 7.82. The Labute approximate surface area is 195 Å². The van der Waals surface area contributed by atoms with Gasteiger partial charge in [-0.25, -0.2) is 0 Å². The van der Waals surface area contributed by atoms with Gasteiger partial charge in [0.25, 0.3) is 0 Å². The van der Waals surface area contributed by atoms with Gasteiger partial charge in [0.2, 0.25) is 5.78 Å². The van der Waals surface area contributed by atoms with Crippen molar-refractivity contribution in [2.45, 2.75) is 14.7 Å². The molecule has 5 rings (SSSR count). The van der Waals surface area contributed by atoms with E-state index in [1.165, 1.54) is 0 Å². The molecule has 0 aromatic heterocycles. The quantitative estimate of drug-likeness (QED) is 0.192. The van der Waals surface area contributed by atoms with E-state index < -0.39 is 0 Å². The van der Waals surface area contributed by atoms with Crippen LogP contribution in [-0.4, -0.2) is 15.8 Å². The number of ketones is 1. The summed E-state index contributed by atoms with van der Waals surface area (Å²) in [6, 6.07) is 15.1. The zero-order valence-corrected chi connectivity index (χ0v) is 18.9. The molecule has 30 heavy (non-hydrogen) atoms. The maximum atomic E-state index is 13.3. The Hall–Kier alpha value is -2.25. The highest BCUT2D eigenvalue weighted by atomic mass is 32.1. The Morgan fingerprint density at radius 1 is 0.800 bits per heavy atom. The molecule has 0 radical (unpaired) electrons. The predicted octanol–water partition coefficient (Wildman–Crippen LogP) is 6.41. The van der Waals surface area contributed by atoms with Crippen LogP contribution in [-0.2, 0) is 4.79 Å². The summed E-state index contributed by atoms with van der Waals surface area (Å²) in [5.74, 6) is -0.287. The molecule has 0 fully saturated rings. The Bertz CT molecular complexity index is 1410. The number of aliphatic hydroxyl groups is 1. The van der Waals surface area contributed by atoms with Gasteiger partial charge in [-0.05, 0) is 58.3 Å². The van der Waals surface area contributed by atoms with E-state index in [1.54, 1.807) is 6.08 Å². The van der Waals surface area contributed by atoms with Crippen LogP contribution in [0.15, 0.2) is 80.6 Å². The van der Waals surface area contributed by atoms with Crippen molar-refractivity contribution in [1.29, 1.82) is 0 Å². The average Bonchev–Trinajstić information content (AvgIpc) is 2.72. The average molecular weight is 463 g/mol. The van der Waals surface area contributed by atoms with Crippen LogP contribution in [0.25, 0.3) is 28.0 Å². The fourth-order valence-corrected chi connectivity index (χ4v) is 5.00. The van der Waals surface area contributed by atoms with E-state index in [4.69, 9.17) is 12.2 Å². The number of fused-ring (bicyclic) bond motifs is 2. The zero-order chi connectivity index (χ0) is 21.2. The van der Waals surface area contributed by atoms with E-state index in [1.807, 2.05) is 54.6 Å². The van der Waals surface area contributed by atoms with Crippen molar-refractivity contribution in [3.63, 3.8) is 0 Å². The van der Waals surface area contributed by atoms with E-state index in [0.29, 0.717) is 20.9 Å². The lowest BCUT2D eigenvalue weighted by Crippen LogP contribution is -2.25. The van der Waals surface area contributed by atoms with Gasteiger partial charge in [-0.3, -0.25) is 4.79 Å². The molecule has 146 valence electrons. The number of hydrogen-bond acceptors (Lipinski definition) is 6. The molecule has 0 amide bonds. The lowest BCUT2D eigenvalue weighted by atomic mass is 9.76. The van der Waals surface area contributed by atoms with Gasteiger partial charge in [0.05, 0.1) is 11.1 Å². The van der Waals surface area contributed by atoms with E-state index in [0.717, 1.165) is 31.7 Å². The first-order valence-corrected chi connectivity index (χ1v) is 10.8. The van der Waals surface area contributed by atoms with Crippen LogP contribution < -0.4 is 0 Å². The summed E-state index contributed by atoms with van der Waals surface area (Å²) in [6.07, 6.45) is 3.68. The van der Waals surface area contributed by atoms with Crippen molar-refractivity contribution in [2.24, 2.45) is 0 Å². The van der Waals surface area contributed by atoms with E-state index >= 15 is 0 Å². The van der Waals surface area contributed by atoms with Crippen molar-refractivity contribution < 1.29 is 9.90 Å². The van der Waals surface area contributed by atoms with Crippen molar-refractivity contribution in [1.82, 2.24) is 0 Å². The minimum absolute atomic E-state index is 0.0497. The summed E-state index contributed by atoms with van der Waals surface area (Å²) in [5.41, 5.74) is 3.46. The summed E-state index contributed by atoms with van der Waals surface area (Å²) in [5, 5.41) is 12.8. The van der Waals surface area contributed by atoms with Crippen LogP contribution in [0.1, 0.15) is 16.7 Å². The van der Waals surface area contributed by atoms with Gasteiger partial charge in [0, 0.05) is 30.7 Å². The minimum atomic E-state index is -0.237. The molecule has 0 heterocycles. The third kappa shape index (κ3) is 2.90. The summed E-state index contributed by atoms with van der Waals surface area (Å²) >= 11 is 18.9. The third-order valence-electron chi connectivity index (χ3n) is 5.37. The molecule has 0 unspecified atom stereocenters. The molecular formula is C24H14O2S4. The number of thiol groups is 3. The number of aliphatic hydroxyl groups excluding tert-OH is 1. The molecule has 2 aliphatic rings. The van der Waals surface area contributed by atoms with Crippen LogP contribution in [0.2, 0.25) is 0 Å². The number of thiocarbonyl (C=S) groups is 1. The molecule has 3 aromatic rings. The highest BCUT2D eigenvalue weighted by Crippen LogP contribution is 2.46. The largest absolute Gasteiger partial charge is 0.506 e. The fourth-order valence-electron chi connectivity index (χ4n) is 3.99. The van der Waals surface area contributed by atoms with E-state index in [-0.39, 0.29) is 22.7 Å². The third-order valence-corrected chi connectivity index (χ3v) is 6.64. The summed E-state index contributed by atoms with van der Waals surface area (Å²) in [6.45, 7) is 0. The second kappa shape index (κ2) is 7.17. The molecule has 0 saturated heterocycles. The minimum Gasteiger partial charge on any atom is -0.506 e. The number of carbonyl (C=O) groups is 1. The van der Waals surface area contributed by atoms with Crippen LogP contribution in [0.3, 0.4) is 0 Å². The molecular weight excluding hydrogens is 449 g/mol. The zero-order valence-electron chi connectivity index (χ0n) is 15.4. The second-order valence-corrected chi connectivity index (χ2v) is 9.09. The summed E-state index contributed by atoms with van der Waals surface area (Å²) in [4.78, 5) is 16.1. The molecule has 0 spiro atoms. The first-order valence-electron chi connectivity index (χ1n) is 9.10. The molecule has 3 aromatic carbocycles. The van der Waals surface area contributed by atoms with Gasteiger partial charge < -0.3 is 5.11 Å². The van der Waals surface area contributed by atoms with E-state index in [9.17, 15) is 9.90 Å². The van der Waals surface area contributed by atoms with Gasteiger partial charge >= 0.3 is 0 Å².